The molecule has 0 spiro atoms. The monoisotopic (exact) mass is 200 g/mol. The van der Waals surface area contributed by atoms with Crippen LogP contribution in [0.2, 0.25) is 0 Å². The molecule has 0 aliphatic carbocycles. The third-order valence-corrected chi connectivity index (χ3v) is 2.42. The summed E-state index contributed by atoms with van der Waals surface area (Å²) in [4.78, 5) is 17.4. The quantitative estimate of drug-likeness (QED) is 0.796. The van der Waals surface area contributed by atoms with Crippen molar-refractivity contribution in [3.05, 3.63) is 15.6 Å². The van der Waals surface area contributed by atoms with Crippen LogP contribution in [0.3, 0.4) is 0 Å². The smallest absolute Gasteiger partial charge is 0.355 e. The minimum absolute atomic E-state index is 0.191. The number of aryl methyl sites for hydroxylation is 1. The van der Waals surface area contributed by atoms with Crippen LogP contribution in [0.25, 0.3) is 0 Å². The van der Waals surface area contributed by atoms with E-state index in [-0.39, 0.29) is 5.69 Å². The average molecular weight is 200 g/mol. The summed E-state index contributed by atoms with van der Waals surface area (Å²) in [5, 5.41) is 9.62. The lowest BCUT2D eigenvalue weighted by molar-refractivity contribution is 0.0689. The highest BCUT2D eigenvalue weighted by atomic mass is 32.1. The fraction of sp³-hybridized carbons (Fsp3) is 0.500. The van der Waals surface area contributed by atoms with E-state index in [0.717, 1.165) is 9.88 Å². The zero-order chi connectivity index (χ0) is 10.0. The number of nitrogens with zero attached hydrogens (tertiary/aromatic N) is 2. The number of carboxylic acid groups (broad SMARTS) is 1. The first-order valence-corrected chi connectivity index (χ1v) is 4.66. The second-order valence-corrected chi connectivity index (χ2v) is 4.34. The Morgan fingerprint density at radius 3 is 2.69 bits per heavy atom. The molecule has 0 saturated heterocycles. The van der Waals surface area contributed by atoms with Gasteiger partial charge in [0.25, 0.3) is 0 Å². The zero-order valence-electron chi connectivity index (χ0n) is 7.87. The summed E-state index contributed by atoms with van der Waals surface area (Å²) in [5.74, 6) is -0.943. The summed E-state index contributed by atoms with van der Waals surface area (Å²) in [5.41, 5.74) is 0.191. The number of hydrogen-bond donors (Lipinski definition) is 1. The summed E-state index contributed by atoms with van der Waals surface area (Å²) < 4.78 is 0. The van der Waals surface area contributed by atoms with E-state index in [2.05, 4.69) is 4.98 Å². The Morgan fingerprint density at radius 2 is 2.23 bits per heavy atom. The van der Waals surface area contributed by atoms with Crippen molar-refractivity contribution in [3.8, 4) is 0 Å². The van der Waals surface area contributed by atoms with Crippen LogP contribution in [0.1, 0.15) is 20.4 Å². The molecule has 13 heavy (non-hydrogen) atoms. The molecule has 1 heterocycles. The number of carboxylic acids is 1. The molecule has 0 radical (unpaired) electrons. The molecule has 0 fully saturated rings. The van der Waals surface area contributed by atoms with E-state index >= 15 is 0 Å². The van der Waals surface area contributed by atoms with Gasteiger partial charge in [-0.25, -0.2) is 9.78 Å². The van der Waals surface area contributed by atoms with Gasteiger partial charge in [0.2, 0.25) is 0 Å². The van der Waals surface area contributed by atoms with E-state index in [0.29, 0.717) is 6.54 Å². The van der Waals surface area contributed by atoms with E-state index in [1.807, 2.05) is 25.9 Å². The molecule has 0 aromatic carbocycles. The molecule has 0 amide bonds. The molecule has 0 bridgehead atoms. The lowest BCUT2D eigenvalue weighted by Crippen LogP contribution is -2.12. The predicted molar refractivity (Wildman–Crippen MR) is 51.2 cm³/mol. The Labute approximate surface area is 80.8 Å². The number of aromatic nitrogens is 1. The fourth-order valence-electron chi connectivity index (χ4n) is 1.03. The summed E-state index contributed by atoms with van der Waals surface area (Å²) in [6, 6.07) is 0. The van der Waals surface area contributed by atoms with Crippen LogP contribution >= 0.6 is 11.3 Å². The molecule has 1 aromatic rings. The van der Waals surface area contributed by atoms with Crippen molar-refractivity contribution in [1.29, 1.82) is 0 Å². The van der Waals surface area contributed by atoms with Crippen molar-refractivity contribution in [3.63, 3.8) is 0 Å². The summed E-state index contributed by atoms with van der Waals surface area (Å²) in [7, 11) is 3.81. The van der Waals surface area contributed by atoms with Crippen molar-refractivity contribution in [2.75, 3.05) is 14.1 Å². The number of thiazole rings is 1. The maximum atomic E-state index is 10.7. The molecule has 1 N–H and O–H groups in total. The molecule has 72 valence electrons. The molecule has 0 aliphatic heterocycles. The molecular weight excluding hydrogens is 188 g/mol. The normalized spacial score (nSPS) is 10.8. The van der Waals surface area contributed by atoms with Gasteiger partial charge in [-0.15, -0.1) is 11.3 Å². The number of aromatic carboxylic acids is 1. The van der Waals surface area contributed by atoms with Crippen LogP contribution in [0.5, 0.6) is 0 Å². The number of hydrogen-bond acceptors (Lipinski definition) is 4. The fourth-order valence-corrected chi connectivity index (χ4v) is 2.08. The molecule has 0 atom stereocenters. The lowest BCUT2D eigenvalue weighted by atomic mass is 10.3. The predicted octanol–water partition coefficient (Wildman–Crippen LogP) is 1.21. The Kier molecular flexibility index (Phi) is 3.00. The lowest BCUT2D eigenvalue weighted by Gasteiger charge is -2.06. The van der Waals surface area contributed by atoms with Crippen LogP contribution in [0.15, 0.2) is 0 Å². The van der Waals surface area contributed by atoms with E-state index in [1.54, 1.807) is 0 Å². The van der Waals surface area contributed by atoms with Gasteiger partial charge in [-0.05, 0) is 21.0 Å². The van der Waals surface area contributed by atoms with Gasteiger partial charge in [0.05, 0.1) is 9.88 Å². The van der Waals surface area contributed by atoms with E-state index in [4.69, 9.17) is 5.11 Å². The van der Waals surface area contributed by atoms with Crippen LogP contribution in [-0.2, 0) is 6.54 Å². The van der Waals surface area contributed by atoms with Crippen LogP contribution in [0, 0.1) is 6.92 Å². The maximum absolute atomic E-state index is 10.7. The third kappa shape index (κ3) is 2.50. The zero-order valence-corrected chi connectivity index (χ0v) is 8.68. The van der Waals surface area contributed by atoms with Crippen molar-refractivity contribution >= 4 is 17.3 Å². The Hall–Kier alpha value is -0.940. The first kappa shape index (κ1) is 10.1. The third-order valence-electron chi connectivity index (χ3n) is 1.47. The minimum Gasteiger partial charge on any atom is -0.476 e. The van der Waals surface area contributed by atoms with E-state index < -0.39 is 5.97 Å². The molecule has 0 saturated carbocycles. The van der Waals surface area contributed by atoms with Gasteiger partial charge in [-0.3, -0.25) is 0 Å². The Morgan fingerprint density at radius 1 is 1.62 bits per heavy atom. The largest absolute Gasteiger partial charge is 0.476 e. The van der Waals surface area contributed by atoms with Crippen molar-refractivity contribution in [2.45, 2.75) is 13.5 Å². The summed E-state index contributed by atoms with van der Waals surface area (Å²) in [6.07, 6.45) is 0. The van der Waals surface area contributed by atoms with Gasteiger partial charge in [0.1, 0.15) is 0 Å². The molecule has 5 heteroatoms. The van der Waals surface area contributed by atoms with Crippen molar-refractivity contribution in [2.24, 2.45) is 0 Å². The van der Waals surface area contributed by atoms with E-state index in [1.165, 1.54) is 11.3 Å². The minimum atomic E-state index is -0.943. The van der Waals surface area contributed by atoms with Gasteiger partial charge in [-0.2, -0.15) is 0 Å². The molecule has 0 unspecified atom stereocenters. The number of rotatable bonds is 3. The highest BCUT2D eigenvalue weighted by Gasteiger charge is 2.15. The first-order chi connectivity index (χ1) is 6.00. The highest BCUT2D eigenvalue weighted by molar-refractivity contribution is 7.11. The van der Waals surface area contributed by atoms with Crippen molar-refractivity contribution in [1.82, 2.24) is 9.88 Å². The SMILES string of the molecule is Cc1nc(C(=O)O)c(CN(C)C)s1. The van der Waals surface area contributed by atoms with Crippen LogP contribution < -0.4 is 0 Å². The number of carbonyl (C=O) groups is 1. The molecule has 4 nitrogen and oxygen atoms in total. The van der Waals surface area contributed by atoms with Crippen LogP contribution in [0.4, 0.5) is 0 Å². The molecular formula is C8H12N2O2S. The van der Waals surface area contributed by atoms with Gasteiger partial charge in [0, 0.05) is 6.54 Å². The molecule has 0 aliphatic rings. The molecule has 1 aromatic heterocycles. The average Bonchev–Trinajstić information content (AvgIpc) is 2.29. The van der Waals surface area contributed by atoms with Gasteiger partial charge in [-0.1, -0.05) is 0 Å². The second-order valence-electron chi connectivity index (χ2n) is 3.05. The highest BCUT2D eigenvalue weighted by Crippen LogP contribution is 2.18. The first-order valence-electron chi connectivity index (χ1n) is 3.85. The standard InChI is InChI=1S/C8H12N2O2S/c1-5-9-7(8(11)12)6(13-5)4-10(2)3/h4H2,1-3H3,(H,11,12). The van der Waals surface area contributed by atoms with Crippen LogP contribution in [-0.4, -0.2) is 35.1 Å². The molecule has 1 rings (SSSR count). The Bertz CT molecular complexity index is 320. The van der Waals surface area contributed by atoms with Crippen molar-refractivity contribution < 1.29 is 9.90 Å². The van der Waals surface area contributed by atoms with E-state index in [9.17, 15) is 4.79 Å². The second kappa shape index (κ2) is 3.85. The summed E-state index contributed by atoms with van der Waals surface area (Å²) in [6.45, 7) is 2.45. The summed E-state index contributed by atoms with van der Waals surface area (Å²) >= 11 is 1.44. The van der Waals surface area contributed by atoms with Gasteiger partial charge < -0.3 is 10.0 Å². The Balaban J connectivity index is 2.97. The van der Waals surface area contributed by atoms with Gasteiger partial charge in [0.15, 0.2) is 5.69 Å². The van der Waals surface area contributed by atoms with Gasteiger partial charge >= 0.3 is 5.97 Å². The maximum Gasteiger partial charge on any atom is 0.355 e. The topological polar surface area (TPSA) is 53.4 Å².